The van der Waals surface area contributed by atoms with Gasteiger partial charge in [-0.15, -0.1) is 23.2 Å². The molecule has 122 valence electrons. The van der Waals surface area contributed by atoms with Crippen molar-refractivity contribution in [3.8, 4) is 0 Å². The molecule has 3 nitrogen and oxygen atoms in total. The highest BCUT2D eigenvalue weighted by Crippen LogP contribution is 2.41. The Morgan fingerprint density at radius 2 is 1.55 bits per heavy atom. The highest BCUT2D eigenvalue weighted by molar-refractivity contribution is 8.11. The Labute approximate surface area is 146 Å². The van der Waals surface area contributed by atoms with Crippen molar-refractivity contribution >= 4 is 68.4 Å². The fourth-order valence-electron chi connectivity index (χ4n) is 1.45. The molecule has 0 bridgehead atoms. The molecule has 9 heteroatoms. The first-order valence-corrected chi connectivity index (χ1v) is 10.6. The van der Waals surface area contributed by atoms with Gasteiger partial charge in [-0.1, -0.05) is 68.7 Å². The molecule has 0 aliphatic heterocycles. The molecule has 0 spiro atoms. The van der Waals surface area contributed by atoms with Crippen LogP contribution in [0.5, 0.6) is 0 Å². The van der Waals surface area contributed by atoms with Gasteiger partial charge in [0.15, 0.2) is 4.84 Å². The Morgan fingerprint density at radius 3 is 2.05 bits per heavy atom. The van der Waals surface area contributed by atoms with E-state index in [4.69, 9.17) is 46.4 Å². The van der Waals surface area contributed by atoms with Crippen LogP contribution in [0.15, 0.2) is 0 Å². The molecule has 20 heavy (non-hydrogen) atoms. The number of hydrogen-bond donors (Lipinski definition) is 1. The van der Waals surface area contributed by atoms with Gasteiger partial charge < -0.3 is 0 Å². The zero-order valence-corrected chi connectivity index (χ0v) is 16.0. The third kappa shape index (κ3) is 11.0. The maximum atomic E-state index is 11.7. The minimum atomic E-state index is -3.42. The minimum absolute atomic E-state index is 0.0485. The Morgan fingerprint density at radius 1 is 1.05 bits per heavy atom. The summed E-state index contributed by atoms with van der Waals surface area (Å²) in [6.45, 7) is 2.16. The molecule has 0 amide bonds. The zero-order valence-electron chi connectivity index (χ0n) is 11.4. The van der Waals surface area contributed by atoms with Crippen molar-refractivity contribution in [2.75, 3.05) is 5.75 Å². The second-order valence-corrected chi connectivity index (χ2v) is 10.6. The minimum Gasteiger partial charge on any atom is -0.212 e. The summed E-state index contributed by atoms with van der Waals surface area (Å²) in [5.41, 5.74) is 0. The number of unbranched alkanes of at least 4 members (excludes halogenated alkanes) is 6. The Balaban J connectivity index is 3.81. The fraction of sp³-hybridized carbons (Fsp3) is 1.00. The molecule has 0 atom stereocenters. The molecule has 0 aromatic carbocycles. The van der Waals surface area contributed by atoms with Gasteiger partial charge in [0.25, 0.3) is 0 Å². The van der Waals surface area contributed by atoms with Gasteiger partial charge in [-0.05, 0) is 18.4 Å². The molecule has 0 fully saturated rings. The quantitative estimate of drug-likeness (QED) is 0.275. The van der Waals surface area contributed by atoms with Crippen LogP contribution in [0.3, 0.4) is 0 Å². The fourth-order valence-corrected chi connectivity index (χ4v) is 4.25. The SMILES string of the molecule is CCCCCCCCCS(=O)(=O)NSC(Cl)(Cl)C(Cl)Cl. The highest BCUT2D eigenvalue weighted by Gasteiger charge is 2.34. The number of hydrogen-bond acceptors (Lipinski definition) is 3. The van der Waals surface area contributed by atoms with Crippen LogP contribution in [0, 0.1) is 0 Å². The van der Waals surface area contributed by atoms with Crippen molar-refractivity contribution in [2.24, 2.45) is 0 Å². The summed E-state index contributed by atoms with van der Waals surface area (Å²) in [5, 5.41) is 0. The van der Waals surface area contributed by atoms with Crippen LogP contribution in [-0.4, -0.2) is 22.7 Å². The lowest BCUT2D eigenvalue weighted by Gasteiger charge is -2.19. The number of sulfonamides is 1. The van der Waals surface area contributed by atoms with E-state index in [1.54, 1.807) is 0 Å². The number of alkyl halides is 4. The van der Waals surface area contributed by atoms with Crippen molar-refractivity contribution in [1.82, 2.24) is 4.13 Å². The lowest BCUT2D eigenvalue weighted by atomic mass is 10.1. The Hall–Kier alpha value is 1.42. The largest absolute Gasteiger partial charge is 0.220 e. The number of rotatable bonds is 12. The predicted octanol–water partition coefficient (Wildman–Crippen LogP) is 5.24. The van der Waals surface area contributed by atoms with Gasteiger partial charge in [0.1, 0.15) is 0 Å². The second-order valence-electron chi connectivity index (χ2n) is 4.49. The maximum Gasteiger partial charge on any atom is 0.220 e. The van der Waals surface area contributed by atoms with Gasteiger partial charge in [-0.25, -0.2) is 8.42 Å². The average molecular weight is 405 g/mol. The van der Waals surface area contributed by atoms with E-state index in [2.05, 4.69) is 11.1 Å². The number of halogens is 4. The van der Waals surface area contributed by atoms with E-state index in [0.29, 0.717) is 18.4 Å². The topological polar surface area (TPSA) is 46.2 Å². The molecule has 0 unspecified atom stereocenters. The molecule has 0 saturated heterocycles. The molecule has 0 aliphatic rings. The zero-order chi connectivity index (χ0) is 15.6. The van der Waals surface area contributed by atoms with Crippen LogP contribution in [0.25, 0.3) is 0 Å². The van der Waals surface area contributed by atoms with E-state index in [-0.39, 0.29) is 5.75 Å². The van der Waals surface area contributed by atoms with Gasteiger partial charge in [-0.3, -0.25) is 0 Å². The first-order chi connectivity index (χ1) is 9.21. The Bertz CT molecular complexity index is 350. The van der Waals surface area contributed by atoms with Crippen molar-refractivity contribution in [2.45, 2.75) is 60.4 Å². The van der Waals surface area contributed by atoms with Gasteiger partial charge in [0, 0.05) is 0 Å². The Kier molecular flexibility index (Phi) is 11.8. The monoisotopic (exact) mass is 403 g/mol. The van der Waals surface area contributed by atoms with E-state index in [1.165, 1.54) is 19.3 Å². The summed E-state index contributed by atoms with van der Waals surface area (Å²) in [6.07, 6.45) is 7.38. The molecule has 1 N–H and O–H groups in total. The summed E-state index contributed by atoms with van der Waals surface area (Å²) in [6, 6.07) is 0. The average Bonchev–Trinajstić information content (AvgIpc) is 2.35. The van der Waals surface area contributed by atoms with Gasteiger partial charge in [-0.2, -0.15) is 4.13 Å². The first-order valence-electron chi connectivity index (χ1n) is 6.54. The van der Waals surface area contributed by atoms with Crippen molar-refractivity contribution in [3.63, 3.8) is 0 Å². The van der Waals surface area contributed by atoms with Crippen LogP contribution >= 0.6 is 58.4 Å². The van der Waals surface area contributed by atoms with Gasteiger partial charge in [0.2, 0.25) is 13.7 Å². The van der Waals surface area contributed by atoms with Crippen LogP contribution < -0.4 is 4.13 Å². The molecule has 0 aromatic rings. The molecule has 0 heterocycles. The smallest absolute Gasteiger partial charge is 0.212 e. The van der Waals surface area contributed by atoms with Crippen molar-refractivity contribution in [1.29, 1.82) is 0 Å². The number of nitrogens with one attached hydrogen (secondary N) is 1. The third-order valence-electron chi connectivity index (χ3n) is 2.58. The predicted molar refractivity (Wildman–Crippen MR) is 92.4 cm³/mol. The molecule has 0 aromatic heterocycles. The van der Waals surface area contributed by atoms with Crippen molar-refractivity contribution < 1.29 is 8.42 Å². The van der Waals surface area contributed by atoms with Crippen LogP contribution in [0.4, 0.5) is 0 Å². The molecular weight excluding hydrogens is 384 g/mol. The normalized spacial score (nSPS) is 13.1. The maximum absolute atomic E-state index is 11.7. The van der Waals surface area contributed by atoms with E-state index < -0.39 is 18.5 Å². The molecule has 0 saturated carbocycles. The summed E-state index contributed by atoms with van der Waals surface area (Å²) in [5.74, 6) is 0.0485. The van der Waals surface area contributed by atoms with E-state index in [9.17, 15) is 8.42 Å². The lowest BCUT2D eigenvalue weighted by molar-refractivity contribution is 0.578. The lowest BCUT2D eigenvalue weighted by Crippen LogP contribution is -2.28. The molecule has 0 rings (SSSR count). The molecular formula is C11H21Cl4NO2S2. The summed E-state index contributed by atoms with van der Waals surface area (Å²) >= 11 is 23.2. The summed E-state index contributed by atoms with van der Waals surface area (Å²) < 4.78 is 24.0. The van der Waals surface area contributed by atoms with Crippen molar-refractivity contribution in [3.05, 3.63) is 0 Å². The van der Waals surface area contributed by atoms with Gasteiger partial charge >= 0.3 is 0 Å². The molecule has 0 aliphatic carbocycles. The first kappa shape index (κ1) is 21.4. The van der Waals surface area contributed by atoms with Crippen LogP contribution in [0.1, 0.15) is 51.9 Å². The highest BCUT2D eigenvalue weighted by atomic mass is 35.5. The second kappa shape index (κ2) is 11.0. The van der Waals surface area contributed by atoms with Crippen LogP contribution in [-0.2, 0) is 10.0 Å². The van der Waals surface area contributed by atoms with Gasteiger partial charge in [0.05, 0.1) is 5.75 Å². The third-order valence-corrected chi connectivity index (χ3v) is 7.52. The van der Waals surface area contributed by atoms with Crippen LogP contribution in [0.2, 0.25) is 0 Å². The van der Waals surface area contributed by atoms with E-state index in [1.807, 2.05) is 0 Å². The molecule has 0 radical (unpaired) electrons. The standard InChI is InChI=1S/C11H21Cl4NO2S2/c1-2-3-4-5-6-7-8-9-20(17,18)16-19-11(14,15)10(12)13/h10,16H,2-9H2,1H3. The van der Waals surface area contributed by atoms with E-state index >= 15 is 0 Å². The van der Waals surface area contributed by atoms with E-state index in [0.717, 1.165) is 19.3 Å². The summed E-state index contributed by atoms with van der Waals surface area (Å²) in [4.78, 5) is -1.10. The summed E-state index contributed by atoms with van der Waals surface area (Å²) in [7, 11) is -3.42.